The van der Waals surface area contributed by atoms with Crippen molar-refractivity contribution >= 4 is 12.3 Å². The van der Waals surface area contributed by atoms with Crippen molar-refractivity contribution in [3.63, 3.8) is 0 Å². The van der Waals surface area contributed by atoms with E-state index in [0.29, 0.717) is 19.0 Å². The van der Waals surface area contributed by atoms with Gasteiger partial charge < -0.3 is 10.0 Å². The van der Waals surface area contributed by atoms with E-state index in [0.717, 1.165) is 0 Å². The van der Waals surface area contributed by atoms with E-state index in [1.807, 2.05) is 6.20 Å². The highest BCUT2D eigenvalue weighted by Crippen LogP contribution is 2.17. The maximum absolute atomic E-state index is 10.8. The van der Waals surface area contributed by atoms with E-state index < -0.39 is 6.09 Å². The molecule has 13 heavy (non-hydrogen) atoms. The minimum absolute atomic E-state index is 0.408. The van der Waals surface area contributed by atoms with Gasteiger partial charge in [0.1, 0.15) is 12.5 Å². The molecule has 1 N–H and O–H groups in total. The standard InChI is InChI=1S/C8H9N3O2/c12-8(13)11-5-1-4-10-6-9-3-2-7(10)11/h1-4H,5-6H2,(H,12,13). The van der Waals surface area contributed by atoms with Gasteiger partial charge in [0.05, 0.1) is 6.54 Å². The highest BCUT2D eigenvalue weighted by Gasteiger charge is 2.23. The first-order valence-corrected chi connectivity index (χ1v) is 3.93. The number of carboxylic acid groups (broad SMARTS) is 1. The minimum Gasteiger partial charge on any atom is -0.465 e. The van der Waals surface area contributed by atoms with Gasteiger partial charge in [0.25, 0.3) is 0 Å². The van der Waals surface area contributed by atoms with Crippen molar-refractivity contribution in [1.82, 2.24) is 9.80 Å². The lowest BCUT2D eigenvalue weighted by Crippen LogP contribution is -2.40. The first kappa shape index (κ1) is 7.85. The molecular weight excluding hydrogens is 170 g/mol. The van der Waals surface area contributed by atoms with Crippen LogP contribution in [0.4, 0.5) is 4.79 Å². The number of aliphatic imine (C=N–C) groups is 1. The molecule has 0 radical (unpaired) electrons. The summed E-state index contributed by atoms with van der Waals surface area (Å²) in [6.07, 6.45) is 6.03. The van der Waals surface area contributed by atoms with Crippen molar-refractivity contribution in [3.05, 3.63) is 24.2 Å². The largest absolute Gasteiger partial charge is 0.465 e. The quantitative estimate of drug-likeness (QED) is 0.594. The Morgan fingerprint density at radius 2 is 2.46 bits per heavy atom. The second kappa shape index (κ2) is 2.93. The molecule has 1 amide bonds. The van der Waals surface area contributed by atoms with Gasteiger partial charge in [-0.1, -0.05) is 0 Å². The van der Waals surface area contributed by atoms with Gasteiger partial charge in [0, 0.05) is 12.4 Å². The molecule has 0 spiro atoms. The van der Waals surface area contributed by atoms with Gasteiger partial charge >= 0.3 is 6.09 Å². The fourth-order valence-electron chi connectivity index (χ4n) is 1.34. The molecule has 5 heteroatoms. The third kappa shape index (κ3) is 1.28. The Bertz CT molecular complexity index is 319. The summed E-state index contributed by atoms with van der Waals surface area (Å²) < 4.78 is 0. The molecule has 0 fully saturated rings. The Balaban J connectivity index is 2.32. The summed E-state index contributed by atoms with van der Waals surface area (Å²) in [4.78, 5) is 17.9. The molecule has 2 aliphatic rings. The summed E-state index contributed by atoms with van der Waals surface area (Å²) in [5, 5.41) is 8.86. The van der Waals surface area contributed by atoms with E-state index in [2.05, 4.69) is 4.99 Å². The van der Waals surface area contributed by atoms with Gasteiger partial charge in [0.2, 0.25) is 0 Å². The van der Waals surface area contributed by atoms with E-state index in [4.69, 9.17) is 5.11 Å². The zero-order chi connectivity index (χ0) is 9.26. The molecular formula is C8H9N3O2. The van der Waals surface area contributed by atoms with Crippen molar-refractivity contribution < 1.29 is 9.90 Å². The van der Waals surface area contributed by atoms with Crippen LogP contribution in [0.2, 0.25) is 0 Å². The summed E-state index contributed by atoms with van der Waals surface area (Å²) >= 11 is 0. The number of amides is 1. The van der Waals surface area contributed by atoms with Crippen LogP contribution >= 0.6 is 0 Å². The minimum atomic E-state index is -0.934. The van der Waals surface area contributed by atoms with Gasteiger partial charge in [-0.15, -0.1) is 0 Å². The van der Waals surface area contributed by atoms with Crippen molar-refractivity contribution in [1.29, 1.82) is 0 Å². The molecule has 0 aromatic carbocycles. The SMILES string of the molecule is O=C(O)N1CC=CN2CN=CC=C21. The van der Waals surface area contributed by atoms with Crippen molar-refractivity contribution in [2.24, 2.45) is 4.99 Å². The topological polar surface area (TPSA) is 56.1 Å². The monoisotopic (exact) mass is 179 g/mol. The maximum Gasteiger partial charge on any atom is 0.413 e. The summed E-state index contributed by atoms with van der Waals surface area (Å²) in [7, 11) is 0. The predicted octanol–water partition coefficient (Wildman–Crippen LogP) is 0.679. The molecule has 2 rings (SSSR count). The van der Waals surface area contributed by atoms with E-state index in [1.165, 1.54) is 4.90 Å². The first-order valence-electron chi connectivity index (χ1n) is 3.93. The van der Waals surface area contributed by atoms with Crippen molar-refractivity contribution in [3.8, 4) is 0 Å². The first-order chi connectivity index (χ1) is 6.29. The molecule has 0 aromatic heterocycles. The lowest BCUT2D eigenvalue weighted by Gasteiger charge is -2.33. The molecule has 5 nitrogen and oxygen atoms in total. The molecule has 0 atom stereocenters. The lowest BCUT2D eigenvalue weighted by molar-refractivity contribution is 0.147. The summed E-state index contributed by atoms with van der Waals surface area (Å²) in [5.74, 6) is 0.671. The van der Waals surface area contributed by atoms with Crippen LogP contribution < -0.4 is 0 Å². The van der Waals surface area contributed by atoms with Crippen molar-refractivity contribution in [2.75, 3.05) is 13.2 Å². The number of nitrogens with zero attached hydrogens (tertiary/aromatic N) is 3. The molecule has 0 saturated heterocycles. The molecule has 0 aliphatic carbocycles. The van der Waals surface area contributed by atoms with Gasteiger partial charge in [-0.3, -0.25) is 9.89 Å². The fraction of sp³-hybridized carbons (Fsp3) is 0.250. The fourth-order valence-corrected chi connectivity index (χ4v) is 1.34. The summed E-state index contributed by atoms with van der Waals surface area (Å²) in [6.45, 7) is 0.900. The van der Waals surface area contributed by atoms with Gasteiger partial charge in [-0.2, -0.15) is 0 Å². The Morgan fingerprint density at radius 1 is 1.62 bits per heavy atom. The number of rotatable bonds is 0. The second-order valence-corrected chi connectivity index (χ2v) is 2.75. The molecule has 0 saturated carbocycles. The summed E-state index contributed by atoms with van der Waals surface area (Å²) in [6, 6.07) is 0. The Morgan fingerprint density at radius 3 is 3.23 bits per heavy atom. The van der Waals surface area contributed by atoms with E-state index in [1.54, 1.807) is 23.3 Å². The molecule has 0 bridgehead atoms. The van der Waals surface area contributed by atoms with E-state index in [9.17, 15) is 4.79 Å². The highest BCUT2D eigenvalue weighted by molar-refractivity contribution is 5.76. The second-order valence-electron chi connectivity index (χ2n) is 2.75. The Labute approximate surface area is 75.3 Å². The van der Waals surface area contributed by atoms with Crippen LogP contribution in [-0.4, -0.2) is 40.4 Å². The molecule has 68 valence electrons. The third-order valence-electron chi connectivity index (χ3n) is 1.94. The van der Waals surface area contributed by atoms with Crippen LogP contribution in [0.15, 0.2) is 29.2 Å². The summed E-state index contributed by atoms with van der Waals surface area (Å²) in [5.41, 5.74) is 0. The van der Waals surface area contributed by atoms with Crippen LogP contribution in [0.5, 0.6) is 0 Å². The average molecular weight is 179 g/mol. The van der Waals surface area contributed by atoms with Crippen LogP contribution in [0.3, 0.4) is 0 Å². The molecule has 2 heterocycles. The van der Waals surface area contributed by atoms with Crippen LogP contribution in [0, 0.1) is 0 Å². The number of hydrogen-bond donors (Lipinski definition) is 1. The van der Waals surface area contributed by atoms with Gasteiger partial charge in [-0.25, -0.2) is 4.79 Å². The number of fused-ring (bicyclic) bond motifs is 1. The average Bonchev–Trinajstić information content (AvgIpc) is 2.17. The normalized spacial score (nSPS) is 19.8. The van der Waals surface area contributed by atoms with Gasteiger partial charge in [0.15, 0.2) is 0 Å². The lowest BCUT2D eigenvalue weighted by atomic mass is 10.3. The maximum atomic E-state index is 10.8. The van der Waals surface area contributed by atoms with E-state index >= 15 is 0 Å². The zero-order valence-corrected chi connectivity index (χ0v) is 6.92. The number of hydrogen-bond acceptors (Lipinski definition) is 3. The van der Waals surface area contributed by atoms with Crippen LogP contribution in [0.25, 0.3) is 0 Å². The van der Waals surface area contributed by atoms with Crippen LogP contribution in [0.1, 0.15) is 0 Å². The zero-order valence-electron chi connectivity index (χ0n) is 6.92. The predicted molar refractivity (Wildman–Crippen MR) is 47.2 cm³/mol. The molecule has 2 aliphatic heterocycles. The smallest absolute Gasteiger partial charge is 0.413 e. The van der Waals surface area contributed by atoms with Gasteiger partial charge in [-0.05, 0) is 12.2 Å². The number of carbonyl (C=O) groups is 1. The molecule has 0 aromatic rings. The van der Waals surface area contributed by atoms with Crippen molar-refractivity contribution in [2.45, 2.75) is 0 Å². The highest BCUT2D eigenvalue weighted by atomic mass is 16.4. The third-order valence-corrected chi connectivity index (χ3v) is 1.94. The van der Waals surface area contributed by atoms with Crippen LogP contribution in [-0.2, 0) is 0 Å². The number of allylic oxidation sites excluding steroid dienone is 1. The Kier molecular flexibility index (Phi) is 1.77. The van der Waals surface area contributed by atoms with E-state index in [-0.39, 0.29) is 0 Å². The Hall–Kier alpha value is -1.78. The molecule has 0 unspecified atom stereocenters.